The Kier molecular flexibility index (Phi) is 11.9. The predicted molar refractivity (Wildman–Crippen MR) is 109 cm³/mol. The van der Waals surface area contributed by atoms with Gasteiger partial charge in [-0.1, -0.05) is 17.7 Å². The van der Waals surface area contributed by atoms with Crippen molar-refractivity contribution in [2.75, 3.05) is 27.2 Å². The van der Waals surface area contributed by atoms with Crippen molar-refractivity contribution in [3.63, 3.8) is 0 Å². The Hall–Kier alpha value is -1.65. The predicted octanol–water partition coefficient (Wildman–Crippen LogP) is 2.75. The summed E-state index contributed by atoms with van der Waals surface area (Å²) in [6, 6.07) is 4.99. The van der Waals surface area contributed by atoms with Gasteiger partial charge in [-0.15, -0.1) is 24.0 Å². The molecule has 0 spiro atoms. The van der Waals surface area contributed by atoms with Crippen LogP contribution in [-0.2, 0) is 11.3 Å². The van der Waals surface area contributed by atoms with Crippen LogP contribution in [0.1, 0.15) is 24.5 Å². The topological polar surface area (TPSA) is 66.0 Å². The number of alkyl halides is 2. The number of rotatable bonds is 8. The Morgan fingerprint density at radius 3 is 2.58 bits per heavy atom. The zero-order valence-corrected chi connectivity index (χ0v) is 17.8. The van der Waals surface area contributed by atoms with Crippen molar-refractivity contribution in [1.29, 1.82) is 0 Å². The molecule has 148 valence electrons. The smallest absolute Gasteiger partial charge is 0.387 e. The third-order valence-corrected chi connectivity index (χ3v) is 3.31. The summed E-state index contributed by atoms with van der Waals surface area (Å²) in [4.78, 5) is 17.5. The number of aryl methyl sites for hydroxylation is 1. The van der Waals surface area contributed by atoms with Gasteiger partial charge in [-0.25, -0.2) is 4.99 Å². The molecule has 0 aromatic heterocycles. The summed E-state index contributed by atoms with van der Waals surface area (Å²) in [5.74, 6) is 0.635. The highest BCUT2D eigenvalue weighted by Crippen LogP contribution is 2.22. The van der Waals surface area contributed by atoms with Crippen LogP contribution in [0.3, 0.4) is 0 Å². The van der Waals surface area contributed by atoms with Gasteiger partial charge >= 0.3 is 6.61 Å². The van der Waals surface area contributed by atoms with Crippen molar-refractivity contribution in [3.05, 3.63) is 29.3 Å². The van der Waals surface area contributed by atoms with Crippen molar-refractivity contribution in [2.45, 2.75) is 33.4 Å². The lowest BCUT2D eigenvalue weighted by molar-refractivity contribution is -0.128. The molecule has 2 N–H and O–H groups in total. The zero-order chi connectivity index (χ0) is 18.8. The SMILES string of the molecule is CCNC(=NCc1cc(C)ccc1OC(F)F)NCCC(=O)N(C)C.I. The van der Waals surface area contributed by atoms with Crippen molar-refractivity contribution in [2.24, 2.45) is 4.99 Å². The summed E-state index contributed by atoms with van der Waals surface area (Å²) < 4.78 is 29.6. The Morgan fingerprint density at radius 2 is 2.00 bits per heavy atom. The quantitative estimate of drug-likeness (QED) is 0.339. The number of halogens is 3. The summed E-state index contributed by atoms with van der Waals surface area (Å²) in [7, 11) is 3.40. The Bertz CT molecular complexity index is 598. The van der Waals surface area contributed by atoms with Crippen LogP contribution in [0.2, 0.25) is 0 Å². The Labute approximate surface area is 170 Å². The summed E-state index contributed by atoms with van der Waals surface area (Å²) in [5, 5.41) is 6.11. The largest absolute Gasteiger partial charge is 0.434 e. The zero-order valence-electron chi connectivity index (χ0n) is 15.5. The van der Waals surface area contributed by atoms with Gasteiger partial charge < -0.3 is 20.3 Å². The van der Waals surface area contributed by atoms with E-state index in [2.05, 4.69) is 20.4 Å². The summed E-state index contributed by atoms with van der Waals surface area (Å²) in [5.41, 5.74) is 1.50. The number of benzene rings is 1. The molecule has 0 unspecified atom stereocenters. The lowest BCUT2D eigenvalue weighted by atomic mass is 10.1. The van der Waals surface area contributed by atoms with Gasteiger partial charge in [-0.05, 0) is 19.9 Å². The monoisotopic (exact) mass is 484 g/mol. The highest BCUT2D eigenvalue weighted by molar-refractivity contribution is 14.0. The van der Waals surface area contributed by atoms with Gasteiger partial charge in [0.1, 0.15) is 5.75 Å². The maximum absolute atomic E-state index is 12.5. The molecular weight excluding hydrogens is 457 g/mol. The molecule has 1 aromatic carbocycles. The summed E-state index contributed by atoms with van der Waals surface area (Å²) in [6.07, 6.45) is 0.335. The molecule has 0 aliphatic heterocycles. The average Bonchev–Trinajstić information content (AvgIpc) is 2.54. The van der Waals surface area contributed by atoms with Gasteiger partial charge in [0.15, 0.2) is 5.96 Å². The molecule has 0 radical (unpaired) electrons. The van der Waals surface area contributed by atoms with Crippen molar-refractivity contribution in [1.82, 2.24) is 15.5 Å². The first kappa shape index (κ1) is 24.4. The maximum atomic E-state index is 12.5. The first-order valence-electron chi connectivity index (χ1n) is 8.10. The number of carbonyl (C=O) groups is 1. The second-order valence-corrected chi connectivity index (χ2v) is 5.65. The van der Waals surface area contributed by atoms with E-state index in [1.165, 1.54) is 11.0 Å². The van der Waals surface area contributed by atoms with Gasteiger partial charge in [0, 0.05) is 39.2 Å². The van der Waals surface area contributed by atoms with Crippen molar-refractivity contribution in [3.8, 4) is 5.75 Å². The summed E-state index contributed by atoms with van der Waals surface area (Å²) >= 11 is 0. The standard InChI is InChI=1S/C17H26F2N4O2.HI/c1-5-20-17(21-9-8-15(24)23(3)4)22-11-13-10-12(2)6-7-14(13)25-16(18)19;/h6-7,10,16H,5,8-9,11H2,1-4H3,(H2,20,21,22);1H. The molecule has 9 heteroatoms. The first-order valence-corrected chi connectivity index (χ1v) is 8.10. The average molecular weight is 484 g/mol. The fourth-order valence-electron chi connectivity index (χ4n) is 2.06. The number of hydrogen-bond acceptors (Lipinski definition) is 3. The Morgan fingerprint density at radius 1 is 1.31 bits per heavy atom. The second kappa shape index (κ2) is 12.7. The van der Waals surface area contributed by atoms with Crippen LogP contribution in [-0.4, -0.2) is 50.6 Å². The van der Waals surface area contributed by atoms with Gasteiger partial charge in [0.05, 0.1) is 6.54 Å². The fourth-order valence-corrected chi connectivity index (χ4v) is 2.06. The molecule has 0 heterocycles. The minimum absolute atomic E-state index is 0. The lowest BCUT2D eigenvalue weighted by Gasteiger charge is -2.14. The first-order chi connectivity index (χ1) is 11.8. The Balaban J connectivity index is 0.00000625. The maximum Gasteiger partial charge on any atom is 0.387 e. The number of carbonyl (C=O) groups excluding carboxylic acids is 1. The molecule has 6 nitrogen and oxygen atoms in total. The van der Waals surface area contributed by atoms with E-state index in [4.69, 9.17) is 0 Å². The molecule has 0 fully saturated rings. The number of nitrogens with zero attached hydrogens (tertiary/aromatic N) is 2. The molecular formula is C17H27F2IN4O2. The molecule has 1 amide bonds. The minimum atomic E-state index is -2.88. The number of aliphatic imine (C=N–C) groups is 1. The van der Waals surface area contributed by atoms with Crippen LogP contribution in [0.5, 0.6) is 5.75 Å². The van der Waals surface area contributed by atoms with Crippen LogP contribution < -0.4 is 15.4 Å². The van der Waals surface area contributed by atoms with Gasteiger partial charge in [0.2, 0.25) is 5.91 Å². The van der Waals surface area contributed by atoms with Crippen LogP contribution in [0, 0.1) is 6.92 Å². The van der Waals surface area contributed by atoms with Crippen LogP contribution in [0.25, 0.3) is 0 Å². The van der Waals surface area contributed by atoms with E-state index in [1.807, 2.05) is 13.8 Å². The third kappa shape index (κ3) is 9.16. The molecule has 0 aliphatic carbocycles. The number of nitrogens with one attached hydrogen (secondary N) is 2. The number of hydrogen-bond donors (Lipinski definition) is 2. The molecule has 0 atom stereocenters. The highest BCUT2D eigenvalue weighted by atomic mass is 127. The van der Waals surface area contributed by atoms with E-state index in [0.29, 0.717) is 31.0 Å². The van der Waals surface area contributed by atoms with Crippen molar-refractivity contribution >= 4 is 35.8 Å². The molecule has 26 heavy (non-hydrogen) atoms. The molecule has 1 aromatic rings. The van der Waals surface area contributed by atoms with E-state index < -0.39 is 6.61 Å². The van der Waals surface area contributed by atoms with Gasteiger partial charge in [-0.2, -0.15) is 8.78 Å². The fraction of sp³-hybridized carbons (Fsp3) is 0.529. The number of amides is 1. The van der Waals surface area contributed by atoms with Crippen molar-refractivity contribution < 1.29 is 18.3 Å². The normalized spacial score (nSPS) is 11.0. The number of guanidine groups is 1. The third-order valence-electron chi connectivity index (χ3n) is 3.31. The second-order valence-electron chi connectivity index (χ2n) is 5.65. The lowest BCUT2D eigenvalue weighted by Crippen LogP contribution is -2.39. The van der Waals surface area contributed by atoms with E-state index in [1.54, 1.807) is 26.2 Å². The molecule has 0 saturated carbocycles. The molecule has 1 rings (SSSR count). The van der Waals surface area contributed by atoms with E-state index >= 15 is 0 Å². The minimum Gasteiger partial charge on any atom is -0.434 e. The molecule has 0 aliphatic rings. The molecule has 0 bridgehead atoms. The van der Waals surface area contributed by atoms with E-state index in [9.17, 15) is 13.6 Å². The highest BCUT2D eigenvalue weighted by Gasteiger charge is 2.10. The van der Waals surface area contributed by atoms with E-state index in [0.717, 1.165) is 5.56 Å². The van der Waals surface area contributed by atoms with Crippen LogP contribution in [0.4, 0.5) is 8.78 Å². The summed E-state index contributed by atoms with van der Waals surface area (Å²) in [6.45, 7) is 2.16. The number of ether oxygens (including phenoxy) is 1. The molecule has 0 saturated heterocycles. The van der Waals surface area contributed by atoms with E-state index in [-0.39, 0.29) is 42.2 Å². The van der Waals surface area contributed by atoms with Crippen LogP contribution in [0.15, 0.2) is 23.2 Å². The van der Waals surface area contributed by atoms with Gasteiger partial charge in [0.25, 0.3) is 0 Å². The van der Waals surface area contributed by atoms with Gasteiger partial charge in [-0.3, -0.25) is 4.79 Å². The van der Waals surface area contributed by atoms with Crippen LogP contribution >= 0.6 is 24.0 Å².